The van der Waals surface area contributed by atoms with E-state index in [1.54, 1.807) is 57.7 Å². The van der Waals surface area contributed by atoms with Gasteiger partial charge in [0, 0.05) is 37.9 Å². The average molecular weight is 609 g/mol. The number of hydrogen-bond donors (Lipinski definition) is 2. The smallest absolute Gasteiger partial charge is 0.274 e. The number of carbonyl (C=O) groups excluding carboxylic acids is 1. The zero-order valence-corrected chi connectivity index (χ0v) is 26.5. The van der Waals surface area contributed by atoms with Gasteiger partial charge in [0.2, 0.25) is 0 Å². The zero-order valence-electron chi connectivity index (χ0n) is 26.5. The number of anilines is 1. The van der Waals surface area contributed by atoms with E-state index >= 15 is 0 Å². The van der Waals surface area contributed by atoms with Crippen molar-refractivity contribution in [1.82, 2.24) is 14.5 Å². The molecule has 0 atom stereocenters. The number of ether oxygens (including phenoxy) is 2. The van der Waals surface area contributed by atoms with E-state index in [1.165, 1.54) is 21.3 Å². The molecule has 9 heteroatoms. The Morgan fingerprint density at radius 1 is 1.00 bits per heavy atom. The third-order valence-corrected chi connectivity index (χ3v) is 8.05. The number of H-pyrrole nitrogens is 1. The number of methoxy groups -OCH3 is 2. The SMILES string of the molecule is COc1cc2c(cc1OC)CN(CCc1ccc(NC(=O)c3cccc(/C=c4\[nH]c(=O)/c(=C/C(C)C)n(C)c4=O)c3)cc1)CC2. The topological polar surface area (TPSA) is 106 Å². The largest absolute Gasteiger partial charge is 0.493 e. The van der Waals surface area contributed by atoms with Crippen LogP contribution in [0.25, 0.3) is 12.2 Å². The first-order valence-corrected chi connectivity index (χ1v) is 15.1. The van der Waals surface area contributed by atoms with Crippen LogP contribution >= 0.6 is 0 Å². The van der Waals surface area contributed by atoms with Crippen molar-refractivity contribution in [1.29, 1.82) is 0 Å². The summed E-state index contributed by atoms with van der Waals surface area (Å²) in [5.41, 5.74) is 4.88. The fraction of sp³-hybridized carbons (Fsp3) is 0.306. The molecule has 3 aromatic carbocycles. The van der Waals surface area contributed by atoms with Gasteiger partial charge in [-0.15, -0.1) is 0 Å². The Morgan fingerprint density at radius 3 is 2.40 bits per heavy atom. The highest BCUT2D eigenvalue weighted by molar-refractivity contribution is 6.04. The van der Waals surface area contributed by atoms with Crippen LogP contribution in [0.2, 0.25) is 0 Å². The summed E-state index contributed by atoms with van der Waals surface area (Å²) in [4.78, 5) is 43.7. The minimum atomic E-state index is -0.336. The summed E-state index contributed by atoms with van der Waals surface area (Å²) in [6, 6.07) is 19.0. The molecule has 4 aromatic rings. The summed E-state index contributed by atoms with van der Waals surface area (Å²) in [6.45, 7) is 6.67. The lowest BCUT2D eigenvalue weighted by Gasteiger charge is -2.29. The molecule has 0 saturated carbocycles. The highest BCUT2D eigenvalue weighted by atomic mass is 16.5. The summed E-state index contributed by atoms with van der Waals surface area (Å²) in [5.74, 6) is 1.38. The average Bonchev–Trinajstić information content (AvgIpc) is 3.04. The molecule has 1 aromatic heterocycles. The van der Waals surface area contributed by atoms with Crippen LogP contribution in [-0.2, 0) is 26.4 Å². The lowest BCUT2D eigenvalue weighted by atomic mass is 9.98. The molecule has 0 saturated heterocycles. The van der Waals surface area contributed by atoms with Gasteiger partial charge in [-0.3, -0.25) is 19.3 Å². The minimum absolute atomic E-state index is 0.118. The number of aromatic amines is 1. The van der Waals surface area contributed by atoms with Gasteiger partial charge < -0.3 is 24.3 Å². The molecule has 0 unspecified atom stereocenters. The van der Waals surface area contributed by atoms with Crippen molar-refractivity contribution in [3.8, 4) is 11.5 Å². The number of rotatable bonds is 9. The van der Waals surface area contributed by atoms with Crippen molar-refractivity contribution in [2.75, 3.05) is 32.6 Å². The van der Waals surface area contributed by atoms with Gasteiger partial charge in [-0.05, 0) is 83.5 Å². The second-order valence-corrected chi connectivity index (χ2v) is 11.7. The summed E-state index contributed by atoms with van der Waals surface area (Å²) in [5, 5.41) is 3.44. The standard InChI is InChI=1S/C36H40N4O5/c1-23(2)17-31-35(42)38-30(36(43)39(31)3)19-25-7-6-8-27(18-25)34(41)37-29-11-9-24(10-12-29)13-15-40-16-14-26-20-32(44-4)33(45-5)21-28(26)22-40/h6-12,17-21,23H,13-16,22H2,1-5H3,(H,37,41)(H,38,42)/b30-19-,31-17-. The van der Waals surface area contributed by atoms with Gasteiger partial charge in [0.1, 0.15) is 10.7 Å². The van der Waals surface area contributed by atoms with Crippen LogP contribution in [0.5, 0.6) is 11.5 Å². The van der Waals surface area contributed by atoms with E-state index in [-0.39, 0.29) is 28.3 Å². The van der Waals surface area contributed by atoms with Crippen LogP contribution < -0.4 is 36.6 Å². The maximum atomic E-state index is 13.1. The number of fused-ring (bicyclic) bond motifs is 1. The molecular weight excluding hydrogens is 568 g/mol. The predicted molar refractivity (Wildman–Crippen MR) is 177 cm³/mol. The van der Waals surface area contributed by atoms with E-state index in [0.717, 1.165) is 44.0 Å². The molecule has 0 aliphatic carbocycles. The number of nitrogens with zero attached hydrogens (tertiary/aromatic N) is 2. The van der Waals surface area contributed by atoms with Crippen LogP contribution in [0.1, 0.15) is 46.5 Å². The minimum Gasteiger partial charge on any atom is -0.493 e. The van der Waals surface area contributed by atoms with Crippen molar-refractivity contribution >= 4 is 23.7 Å². The summed E-state index contributed by atoms with van der Waals surface area (Å²) >= 11 is 0. The van der Waals surface area contributed by atoms with Gasteiger partial charge in [-0.1, -0.05) is 44.2 Å². The Balaban J connectivity index is 1.22. The van der Waals surface area contributed by atoms with Crippen LogP contribution in [0.15, 0.2) is 70.3 Å². The molecule has 9 nitrogen and oxygen atoms in total. The molecule has 45 heavy (non-hydrogen) atoms. The number of carbonyl (C=O) groups is 1. The van der Waals surface area contributed by atoms with Gasteiger partial charge in [0.15, 0.2) is 11.5 Å². The summed E-state index contributed by atoms with van der Waals surface area (Å²) in [6.07, 6.45) is 5.21. The van der Waals surface area contributed by atoms with Crippen molar-refractivity contribution in [3.05, 3.63) is 120 Å². The summed E-state index contributed by atoms with van der Waals surface area (Å²) in [7, 11) is 4.91. The van der Waals surface area contributed by atoms with Crippen LogP contribution in [0.3, 0.4) is 0 Å². The van der Waals surface area contributed by atoms with E-state index in [1.807, 2.05) is 38.1 Å². The summed E-state index contributed by atoms with van der Waals surface area (Å²) < 4.78 is 12.3. The predicted octanol–water partition coefficient (Wildman–Crippen LogP) is 3.21. The Morgan fingerprint density at radius 2 is 1.71 bits per heavy atom. The lowest BCUT2D eigenvalue weighted by Crippen LogP contribution is -2.52. The first-order valence-electron chi connectivity index (χ1n) is 15.1. The number of hydrogen-bond acceptors (Lipinski definition) is 6. The number of benzene rings is 3. The van der Waals surface area contributed by atoms with Crippen molar-refractivity contribution in [2.45, 2.75) is 33.2 Å². The van der Waals surface area contributed by atoms with Crippen molar-refractivity contribution in [2.24, 2.45) is 13.0 Å². The fourth-order valence-corrected chi connectivity index (χ4v) is 5.60. The highest BCUT2D eigenvalue weighted by Crippen LogP contribution is 2.33. The Kier molecular flexibility index (Phi) is 9.68. The maximum absolute atomic E-state index is 13.1. The number of aromatic nitrogens is 2. The monoisotopic (exact) mass is 608 g/mol. The van der Waals surface area contributed by atoms with E-state index in [4.69, 9.17) is 9.47 Å². The molecule has 0 fully saturated rings. The van der Waals surface area contributed by atoms with E-state index in [0.29, 0.717) is 22.2 Å². The molecule has 0 bridgehead atoms. The Labute approximate surface area is 262 Å². The molecule has 234 valence electrons. The number of amides is 1. The molecule has 0 radical (unpaired) electrons. The normalized spacial score (nSPS) is 14.0. The molecule has 1 aliphatic heterocycles. The highest BCUT2D eigenvalue weighted by Gasteiger charge is 2.19. The van der Waals surface area contributed by atoms with Gasteiger partial charge >= 0.3 is 0 Å². The van der Waals surface area contributed by atoms with Crippen LogP contribution in [-0.4, -0.2) is 47.7 Å². The fourth-order valence-electron chi connectivity index (χ4n) is 5.60. The third-order valence-electron chi connectivity index (χ3n) is 8.05. The molecule has 5 rings (SSSR count). The third kappa shape index (κ3) is 7.44. The second kappa shape index (κ2) is 13.8. The molecule has 2 N–H and O–H groups in total. The van der Waals surface area contributed by atoms with Gasteiger partial charge in [0.25, 0.3) is 17.0 Å². The van der Waals surface area contributed by atoms with E-state index in [2.05, 4.69) is 27.3 Å². The Hall–Kier alpha value is -4.89. The van der Waals surface area contributed by atoms with Crippen LogP contribution in [0.4, 0.5) is 5.69 Å². The first-order chi connectivity index (χ1) is 21.6. The lowest BCUT2D eigenvalue weighted by molar-refractivity contribution is 0.102. The zero-order chi connectivity index (χ0) is 32.1. The van der Waals surface area contributed by atoms with Gasteiger partial charge in [-0.25, -0.2) is 0 Å². The van der Waals surface area contributed by atoms with Crippen molar-refractivity contribution in [3.63, 3.8) is 0 Å². The van der Waals surface area contributed by atoms with Crippen LogP contribution in [0, 0.1) is 5.92 Å². The molecule has 1 aliphatic rings. The number of nitrogens with one attached hydrogen (secondary N) is 2. The van der Waals surface area contributed by atoms with Gasteiger partial charge in [0.05, 0.1) is 14.2 Å². The first kappa shape index (κ1) is 31.5. The molecule has 0 spiro atoms. The van der Waals surface area contributed by atoms with E-state index < -0.39 is 0 Å². The van der Waals surface area contributed by atoms with Gasteiger partial charge in [-0.2, -0.15) is 0 Å². The molecule has 1 amide bonds. The maximum Gasteiger partial charge on any atom is 0.274 e. The molecular formula is C36H40N4O5. The Bertz CT molecular complexity index is 1940. The molecule has 2 heterocycles. The van der Waals surface area contributed by atoms with Crippen molar-refractivity contribution < 1.29 is 14.3 Å². The van der Waals surface area contributed by atoms with E-state index in [9.17, 15) is 14.4 Å². The second-order valence-electron chi connectivity index (χ2n) is 11.7. The quantitative estimate of drug-likeness (QED) is 0.303.